The summed E-state index contributed by atoms with van der Waals surface area (Å²) in [4.78, 5) is 39.6. The van der Waals surface area contributed by atoms with E-state index < -0.39 is 16.6 Å². The number of fused-ring (bicyclic) bond motifs is 3. The number of nitrogens with one attached hydrogen (secondary N) is 1. The summed E-state index contributed by atoms with van der Waals surface area (Å²) < 4.78 is 14.0. The van der Waals surface area contributed by atoms with Crippen LogP contribution in [0.5, 0.6) is 0 Å². The number of hydrogen-bond acceptors (Lipinski definition) is 5. The highest BCUT2D eigenvalue weighted by Crippen LogP contribution is 2.42. The number of benzene rings is 3. The summed E-state index contributed by atoms with van der Waals surface area (Å²) >= 11 is 1.29. The minimum absolute atomic E-state index is 0.0822. The molecule has 35 heavy (non-hydrogen) atoms. The SMILES string of the molecule is O=C(Nc1ccccc1F)c1cc2c(s1)-c1ccccc1N(C(=O)c1ccc([N+](=O)[O-])cc1)CC2. The van der Waals surface area contributed by atoms with Gasteiger partial charge in [-0.2, -0.15) is 0 Å². The third kappa shape index (κ3) is 4.29. The number of para-hydroxylation sites is 2. The van der Waals surface area contributed by atoms with E-state index in [0.29, 0.717) is 29.1 Å². The van der Waals surface area contributed by atoms with E-state index >= 15 is 0 Å². The molecule has 174 valence electrons. The topological polar surface area (TPSA) is 92.6 Å². The third-order valence-electron chi connectivity index (χ3n) is 5.77. The highest BCUT2D eigenvalue weighted by Gasteiger charge is 2.28. The molecule has 0 unspecified atom stereocenters. The van der Waals surface area contributed by atoms with Crippen molar-refractivity contribution in [2.24, 2.45) is 0 Å². The number of amides is 2. The fourth-order valence-electron chi connectivity index (χ4n) is 4.05. The summed E-state index contributed by atoms with van der Waals surface area (Å²) in [5.41, 5.74) is 2.80. The molecule has 0 atom stereocenters. The Morgan fingerprint density at radius 3 is 2.46 bits per heavy atom. The van der Waals surface area contributed by atoms with E-state index in [0.717, 1.165) is 16.0 Å². The van der Waals surface area contributed by atoms with E-state index in [4.69, 9.17) is 0 Å². The van der Waals surface area contributed by atoms with Crippen LogP contribution in [0.2, 0.25) is 0 Å². The van der Waals surface area contributed by atoms with Crippen LogP contribution in [0.1, 0.15) is 25.6 Å². The first kappa shape index (κ1) is 22.4. The number of nitro benzene ring substituents is 1. The molecule has 9 heteroatoms. The molecular weight excluding hydrogens is 469 g/mol. The zero-order valence-electron chi connectivity index (χ0n) is 18.2. The Labute approximate surface area is 203 Å². The molecule has 0 aliphatic carbocycles. The Bertz CT molecular complexity index is 1470. The normalized spacial score (nSPS) is 12.3. The van der Waals surface area contributed by atoms with Gasteiger partial charge in [-0.3, -0.25) is 19.7 Å². The summed E-state index contributed by atoms with van der Waals surface area (Å²) in [7, 11) is 0. The molecular formula is C26H18FN3O4S. The quantitative estimate of drug-likeness (QED) is 0.286. The van der Waals surface area contributed by atoms with Crippen LogP contribution in [0.4, 0.5) is 21.5 Å². The standard InChI is InChI=1S/C26H18FN3O4S/c27-20-6-2-3-7-21(20)28-25(31)23-15-17-13-14-29(22-8-4-1-5-19(22)24(17)35-23)26(32)16-9-11-18(12-10-16)30(33)34/h1-12,15H,13-14H2,(H,28,31). The fraction of sp³-hybridized carbons (Fsp3) is 0.0769. The first-order chi connectivity index (χ1) is 16.9. The lowest BCUT2D eigenvalue weighted by Crippen LogP contribution is -2.32. The summed E-state index contributed by atoms with van der Waals surface area (Å²) in [6.45, 7) is 0.366. The molecule has 0 saturated heterocycles. The lowest BCUT2D eigenvalue weighted by Gasteiger charge is -2.23. The molecule has 0 radical (unpaired) electrons. The number of nitrogens with zero attached hydrogens (tertiary/aromatic N) is 2. The van der Waals surface area contributed by atoms with Gasteiger partial charge in [0.1, 0.15) is 5.82 Å². The van der Waals surface area contributed by atoms with Gasteiger partial charge >= 0.3 is 0 Å². The second-order valence-corrected chi connectivity index (χ2v) is 8.98. The fourth-order valence-corrected chi connectivity index (χ4v) is 5.19. The number of halogens is 1. The van der Waals surface area contributed by atoms with Crippen molar-refractivity contribution in [3.8, 4) is 10.4 Å². The second kappa shape index (κ2) is 9.11. The number of rotatable bonds is 4. The van der Waals surface area contributed by atoms with E-state index in [1.165, 1.54) is 47.7 Å². The number of non-ortho nitro benzene ring substituents is 1. The van der Waals surface area contributed by atoms with Gasteiger partial charge in [0, 0.05) is 34.7 Å². The predicted octanol–water partition coefficient (Wildman–Crippen LogP) is 5.92. The van der Waals surface area contributed by atoms with Gasteiger partial charge in [-0.1, -0.05) is 30.3 Å². The first-order valence-electron chi connectivity index (χ1n) is 10.8. The van der Waals surface area contributed by atoms with Crippen LogP contribution in [0.3, 0.4) is 0 Å². The van der Waals surface area contributed by atoms with E-state index in [9.17, 15) is 24.1 Å². The monoisotopic (exact) mass is 487 g/mol. The van der Waals surface area contributed by atoms with Crippen LogP contribution in [-0.4, -0.2) is 23.3 Å². The summed E-state index contributed by atoms with van der Waals surface area (Å²) in [6, 6.07) is 20.7. The van der Waals surface area contributed by atoms with Gasteiger partial charge < -0.3 is 10.2 Å². The summed E-state index contributed by atoms with van der Waals surface area (Å²) in [5, 5.41) is 13.6. The zero-order valence-corrected chi connectivity index (χ0v) is 19.0. The van der Waals surface area contributed by atoms with Crippen molar-refractivity contribution in [1.29, 1.82) is 0 Å². The molecule has 5 rings (SSSR count). The Morgan fingerprint density at radius 2 is 1.71 bits per heavy atom. The predicted molar refractivity (Wildman–Crippen MR) is 133 cm³/mol. The van der Waals surface area contributed by atoms with E-state index in [1.807, 2.05) is 24.3 Å². The molecule has 1 aromatic heterocycles. The van der Waals surface area contributed by atoms with Crippen LogP contribution in [0.25, 0.3) is 10.4 Å². The molecule has 0 fully saturated rings. The molecule has 4 aromatic rings. The highest BCUT2D eigenvalue weighted by molar-refractivity contribution is 7.17. The van der Waals surface area contributed by atoms with E-state index in [2.05, 4.69) is 5.32 Å². The van der Waals surface area contributed by atoms with Gasteiger partial charge in [0.25, 0.3) is 17.5 Å². The molecule has 2 amide bonds. The van der Waals surface area contributed by atoms with E-state index in [1.54, 1.807) is 23.1 Å². The number of carbonyl (C=O) groups excluding carboxylic acids is 2. The minimum atomic E-state index is -0.510. The molecule has 0 saturated carbocycles. The Balaban J connectivity index is 1.46. The van der Waals surface area contributed by atoms with Gasteiger partial charge in [0.05, 0.1) is 21.2 Å². The highest BCUT2D eigenvalue weighted by atomic mass is 32.1. The van der Waals surface area contributed by atoms with Crippen LogP contribution in [-0.2, 0) is 6.42 Å². The number of carbonyl (C=O) groups is 2. The summed E-state index contributed by atoms with van der Waals surface area (Å²) in [5.74, 6) is -1.17. The molecule has 0 bridgehead atoms. The maximum absolute atomic E-state index is 14.0. The average Bonchev–Trinajstić information content (AvgIpc) is 3.23. The van der Waals surface area contributed by atoms with Gasteiger partial charge in [-0.05, 0) is 48.4 Å². The average molecular weight is 488 g/mol. The van der Waals surface area contributed by atoms with Crippen LogP contribution in [0.15, 0.2) is 78.9 Å². The Hall–Kier alpha value is -4.37. The Morgan fingerprint density at radius 1 is 1.00 bits per heavy atom. The molecule has 3 aromatic carbocycles. The second-order valence-electron chi connectivity index (χ2n) is 7.93. The van der Waals surface area contributed by atoms with Gasteiger partial charge in [0.2, 0.25) is 0 Å². The van der Waals surface area contributed by atoms with Crippen molar-refractivity contribution >= 4 is 40.2 Å². The number of nitro groups is 1. The van der Waals surface area contributed by atoms with Crippen LogP contribution >= 0.6 is 11.3 Å². The van der Waals surface area contributed by atoms with Crippen LogP contribution < -0.4 is 10.2 Å². The third-order valence-corrected chi connectivity index (χ3v) is 6.98. The summed E-state index contributed by atoms with van der Waals surface area (Å²) in [6.07, 6.45) is 0.506. The largest absolute Gasteiger partial charge is 0.319 e. The number of anilines is 2. The maximum Gasteiger partial charge on any atom is 0.269 e. The van der Waals surface area contributed by atoms with Crippen molar-refractivity contribution in [2.75, 3.05) is 16.8 Å². The molecule has 0 spiro atoms. The van der Waals surface area contributed by atoms with Crippen molar-refractivity contribution < 1.29 is 18.9 Å². The number of thiophene rings is 1. The van der Waals surface area contributed by atoms with Crippen molar-refractivity contribution in [2.45, 2.75) is 6.42 Å². The van der Waals surface area contributed by atoms with Crippen molar-refractivity contribution in [3.63, 3.8) is 0 Å². The van der Waals surface area contributed by atoms with Crippen LogP contribution in [0, 0.1) is 15.9 Å². The molecule has 7 nitrogen and oxygen atoms in total. The maximum atomic E-state index is 14.0. The molecule has 1 aliphatic rings. The Kier molecular flexibility index (Phi) is 5.84. The molecule has 1 aliphatic heterocycles. The smallest absolute Gasteiger partial charge is 0.269 e. The lowest BCUT2D eigenvalue weighted by atomic mass is 10.1. The first-order valence-corrected chi connectivity index (χ1v) is 11.6. The zero-order chi connectivity index (χ0) is 24.5. The van der Waals surface area contributed by atoms with Crippen molar-refractivity contribution in [3.05, 3.63) is 111 Å². The molecule has 2 heterocycles. The van der Waals surface area contributed by atoms with Gasteiger partial charge in [0.15, 0.2) is 0 Å². The minimum Gasteiger partial charge on any atom is -0.319 e. The van der Waals surface area contributed by atoms with Gasteiger partial charge in [-0.25, -0.2) is 4.39 Å². The lowest BCUT2D eigenvalue weighted by molar-refractivity contribution is -0.384. The molecule has 1 N–H and O–H groups in total. The van der Waals surface area contributed by atoms with E-state index in [-0.39, 0.29) is 17.3 Å². The van der Waals surface area contributed by atoms with Crippen molar-refractivity contribution in [1.82, 2.24) is 0 Å². The van der Waals surface area contributed by atoms with Gasteiger partial charge in [-0.15, -0.1) is 11.3 Å². The number of hydrogen-bond donors (Lipinski definition) is 1.